The standard InChI is InChI=1S/C18H24N2O3S2/c1-14-11-24-13-18(25-12-14)10-23-8-7-20(16(3)22)6-4-5-17(9-19)15(2)21/h4-6,18H,1,7-8,10-13H2,2-3H3/b6-4+,17-5+. The second-order valence-corrected chi connectivity index (χ2v) is 7.89. The monoisotopic (exact) mass is 380 g/mol. The number of ketones is 1. The Labute approximate surface area is 158 Å². The molecule has 1 saturated heterocycles. The predicted molar refractivity (Wildman–Crippen MR) is 104 cm³/mol. The van der Waals surface area contributed by atoms with Crippen molar-refractivity contribution >= 4 is 35.2 Å². The van der Waals surface area contributed by atoms with Gasteiger partial charge >= 0.3 is 0 Å². The van der Waals surface area contributed by atoms with Crippen molar-refractivity contribution in [2.45, 2.75) is 19.1 Å². The summed E-state index contributed by atoms with van der Waals surface area (Å²) in [6.07, 6.45) is 4.50. The number of carbonyl (C=O) groups excluding carboxylic acids is 2. The molecular weight excluding hydrogens is 356 g/mol. The Morgan fingerprint density at radius 2 is 2.20 bits per heavy atom. The van der Waals surface area contributed by atoms with Gasteiger partial charge in [-0.3, -0.25) is 9.59 Å². The van der Waals surface area contributed by atoms with Crippen LogP contribution in [-0.2, 0) is 14.3 Å². The molecule has 136 valence electrons. The molecule has 25 heavy (non-hydrogen) atoms. The number of nitrogens with zero attached hydrogens (tertiary/aromatic N) is 2. The van der Waals surface area contributed by atoms with Crippen LogP contribution < -0.4 is 0 Å². The summed E-state index contributed by atoms with van der Waals surface area (Å²) in [5, 5.41) is 9.27. The van der Waals surface area contributed by atoms with Gasteiger partial charge < -0.3 is 9.64 Å². The van der Waals surface area contributed by atoms with Crippen LogP contribution in [0.1, 0.15) is 13.8 Å². The Kier molecular flexibility index (Phi) is 10.3. The van der Waals surface area contributed by atoms with Gasteiger partial charge in [0.1, 0.15) is 6.07 Å². The molecule has 0 aromatic carbocycles. The van der Waals surface area contributed by atoms with Gasteiger partial charge in [-0.05, 0) is 19.1 Å². The van der Waals surface area contributed by atoms with E-state index in [4.69, 9.17) is 10.00 Å². The van der Waals surface area contributed by atoms with E-state index in [9.17, 15) is 9.59 Å². The molecule has 0 bridgehead atoms. The Morgan fingerprint density at radius 3 is 2.84 bits per heavy atom. The molecule has 0 radical (unpaired) electrons. The summed E-state index contributed by atoms with van der Waals surface area (Å²) in [5.41, 5.74) is 1.32. The summed E-state index contributed by atoms with van der Waals surface area (Å²) < 4.78 is 5.72. The van der Waals surface area contributed by atoms with E-state index in [1.165, 1.54) is 36.5 Å². The van der Waals surface area contributed by atoms with Gasteiger partial charge in [-0.25, -0.2) is 0 Å². The maximum absolute atomic E-state index is 11.6. The molecule has 0 aliphatic carbocycles. The van der Waals surface area contributed by atoms with E-state index < -0.39 is 0 Å². The fourth-order valence-corrected chi connectivity index (χ4v) is 4.38. The lowest BCUT2D eigenvalue weighted by Crippen LogP contribution is -2.28. The minimum Gasteiger partial charge on any atom is -0.378 e. The van der Waals surface area contributed by atoms with Gasteiger partial charge in [0.2, 0.25) is 5.91 Å². The number of Topliss-reactive ketones (excluding diaryl/α,β-unsaturated/α-hetero) is 1. The summed E-state index contributed by atoms with van der Waals surface area (Å²) in [6.45, 7) is 8.35. The summed E-state index contributed by atoms with van der Waals surface area (Å²) in [7, 11) is 0. The molecule has 1 aliphatic rings. The van der Waals surface area contributed by atoms with Crippen LogP contribution in [0.2, 0.25) is 0 Å². The number of rotatable bonds is 8. The lowest BCUT2D eigenvalue weighted by Gasteiger charge is -2.18. The van der Waals surface area contributed by atoms with Gasteiger partial charge in [-0.15, -0.1) is 0 Å². The second-order valence-electron chi connectivity index (χ2n) is 5.58. The van der Waals surface area contributed by atoms with Gasteiger partial charge in [-0.2, -0.15) is 28.8 Å². The maximum atomic E-state index is 11.6. The zero-order chi connectivity index (χ0) is 18.7. The van der Waals surface area contributed by atoms with Crippen molar-refractivity contribution in [3.05, 3.63) is 36.1 Å². The normalized spacial score (nSPS) is 18.7. The molecule has 1 unspecified atom stereocenters. The van der Waals surface area contributed by atoms with Crippen LogP contribution in [0.3, 0.4) is 0 Å². The van der Waals surface area contributed by atoms with Gasteiger partial charge in [0.25, 0.3) is 0 Å². The van der Waals surface area contributed by atoms with Gasteiger partial charge in [0.15, 0.2) is 5.78 Å². The number of thioether (sulfide) groups is 2. The summed E-state index contributed by atoms with van der Waals surface area (Å²) in [5.74, 6) is 2.63. The minimum atomic E-state index is -0.300. The van der Waals surface area contributed by atoms with Crippen LogP contribution in [-0.4, -0.2) is 58.9 Å². The molecule has 1 amide bonds. The molecule has 5 nitrogen and oxygen atoms in total. The molecule has 0 N–H and O–H groups in total. The average molecular weight is 381 g/mol. The highest BCUT2D eigenvalue weighted by Gasteiger charge is 2.15. The Bertz CT molecular complexity index is 594. The largest absolute Gasteiger partial charge is 0.378 e. The van der Waals surface area contributed by atoms with Crippen LogP contribution >= 0.6 is 23.5 Å². The molecule has 0 aromatic rings. The number of amides is 1. The second kappa shape index (κ2) is 12.0. The van der Waals surface area contributed by atoms with E-state index in [1.807, 2.05) is 29.6 Å². The fraction of sp³-hybridized carbons (Fsp3) is 0.500. The number of hydrogen-bond acceptors (Lipinski definition) is 6. The quantitative estimate of drug-likeness (QED) is 0.212. The maximum Gasteiger partial charge on any atom is 0.223 e. The van der Waals surface area contributed by atoms with E-state index in [0.29, 0.717) is 25.0 Å². The summed E-state index contributed by atoms with van der Waals surface area (Å²) in [6, 6.07) is 1.82. The van der Waals surface area contributed by atoms with E-state index >= 15 is 0 Å². The summed E-state index contributed by atoms with van der Waals surface area (Å²) in [4.78, 5) is 24.3. The van der Waals surface area contributed by atoms with Crippen molar-refractivity contribution in [1.82, 2.24) is 4.90 Å². The number of ether oxygens (including phenoxy) is 1. The van der Waals surface area contributed by atoms with Crippen molar-refractivity contribution in [3.8, 4) is 6.07 Å². The third-order valence-corrected chi connectivity index (χ3v) is 6.16. The van der Waals surface area contributed by atoms with Gasteiger partial charge in [0.05, 0.1) is 18.8 Å². The highest BCUT2D eigenvalue weighted by molar-refractivity contribution is 8.04. The first-order chi connectivity index (χ1) is 11.9. The molecular formula is C18H24N2O3S2. The van der Waals surface area contributed by atoms with Crippen LogP contribution in [0.5, 0.6) is 0 Å². The number of hydrogen-bond donors (Lipinski definition) is 0. The molecule has 1 heterocycles. The Balaban J connectivity index is 2.40. The van der Waals surface area contributed by atoms with Crippen molar-refractivity contribution in [3.63, 3.8) is 0 Å². The van der Waals surface area contributed by atoms with Crippen molar-refractivity contribution in [1.29, 1.82) is 5.26 Å². The molecule has 1 rings (SSSR count). The topological polar surface area (TPSA) is 70.4 Å². The highest BCUT2D eigenvalue weighted by atomic mass is 32.2. The molecule has 7 heteroatoms. The number of allylic oxidation sites excluding steroid dienone is 3. The Hall–Kier alpha value is -1.49. The lowest BCUT2D eigenvalue weighted by atomic mass is 10.2. The first-order valence-electron chi connectivity index (χ1n) is 7.94. The zero-order valence-corrected chi connectivity index (χ0v) is 16.3. The van der Waals surface area contributed by atoms with Crippen LogP contribution in [0.15, 0.2) is 36.1 Å². The van der Waals surface area contributed by atoms with Crippen molar-refractivity contribution < 1.29 is 14.3 Å². The number of carbonyl (C=O) groups is 2. The van der Waals surface area contributed by atoms with E-state index in [-0.39, 0.29) is 17.3 Å². The van der Waals surface area contributed by atoms with Crippen LogP contribution in [0.4, 0.5) is 0 Å². The third-order valence-electron chi connectivity index (χ3n) is 3.35. The van der Waals surface area contributed by atoms with Crippen LogP contribution in [0.25, 0.3) is 0 Å². The SMILES string of the molecule is C=C1CSCC(COCCN(/C=C/C=C(\C#N)C(C)=O)C(C)=O)SC1. The van der Waals surface area contributed by atoms with E-state index in [0.717, 1.165) is 17.3 Å². The predicted octanol–water partition coefficient (Wildman–Crippen LogP) is 2.81. The highest BCUT2D eigenvalue weighted by Crippen LogP contribution is 2.25. The van der Waals surface area contributed by atoms with Gasteiger partial charge in [-0.1, -0.05) is 12.2 Å². The molecule has 0 aromatic heterocycles. The van der Waals surface area contributed by atoms with Crippen LogP contribution in [0, 0.1) is 11.3 Å². The molecule has 1 atom stereocenters. The minimum absolute atomic E-state index is 0.0560. The first kappa shape index (κ1) is 21.6. The van der Waals surface area contributed by atoms with Crippen molar-refractivity contribution in [2.75, 3.05) is 37.0 Å². The van der Waals surface area contributed by atoms with Gasteiger partial charge in [0, 0.05) is 42.2 Å². The fourth-order valence-electron chi connectivity index (χ4n) is 1.95. The molecule has 0 spiro atoms. The average Bonchev–Trinajstić information content (AvgIpc) is 2.77. The van der Waals surface area contributed by atoms with E-state index in [1.54, 1.807) is 6.20 Å². The smallest absolute Gasteiger partial charge is 0.223 e. The van der Waals surface area contributed by atoms with E-state index in [2.05, 4.69) is 6.58 Å². The molecule has 1 fully saturated rings. The number of nitriles is 1. The Morgan fingerprint density at radius 1 is 1.44 bits per heavy atom. The zero-order valence-electron chi connectivity index (χ0n) is 14.7. The molecule has 0 saturated carbocycles. The lowest BCUT2D eigenvalue weighted by molar-refractivity contribution is -0.126. The molecule has 1 aliphatic heterocycles. The van der Waals surface area contributed by atoms with Crippen molar-refractivity contribution in [2.24, 2.45) is 0 Å². The first-order valence-corrected chi connectivity index (χ1v) is 10.1. The summed E-state index contributed by atoms with van der Waals surface area (Å²) >= 11 is 3.75. The third kappa shape index (κ3) is 8.96.